The van der Waals surface area contributed by atoms with E-state index >= 15 is 0 Å². The first-order chi connectivity index (χ1) is 12.6. The largest absolute Gasteiger partial charge is 0.369 e. The molecule has 154 valence electrons. The molecule has 1 atom stereocenters. The molecule has 0 aromatic heterocycles. The highest BCUT2D eigenvalue weighted by Gasteiger charge is 2.39. The Bertz CT molecular complexity index is 357. The molecule has 2 nitrogen and oxygen atoms in total. The van der Waals surface area contributed by atoms with Crippen LogP contribution in [0.3, 0.4) is 0 Å². The van der Waals surface area contributed by atoms with Crippen LogP contribution in [-0.2, 0) is 4.79 Å². The SMILES string of the molecule is CCCCCCCCC=CCCCCCC(CC)C(CC)(CC)C(N)=O. The number of hydrogen-bond donors (Lipinski definition) is 1. The molecule has 0 bridgehead atoms. The van der Waals surface area contributed by atoms with Crippen LogP contribution in [0.5, 0.6) is 0 Å². The average molecular weight is 366 g/mol. The maximum Gasteiger partial charge on any atom is 0.223 e. The zero-order valence-corrected chi connectivity index (χ0v) is 18.3. The van der Waals surface area contributed by atoms with Gasteiger partial charge in [0.25, 0.3) is 0 Å². The van der Waals surface area contributed by atoms with E-state index in [-0.39, 0.29) is 11.3 Å². The summed E-state index contributed by atoms with van der Waals surface area (Å²) in [4.78, 5) is 12.0. The quantitative estimate of drug-likeness (QED) is 0.197. The average Bonchev–Trinajstić information content (AvgIpc) is 2.64. The molecule has 0 aliphatic heterocycles. The predicted molar refractivity (Wildman–Crippen MR) is 116 cm³/mol. The maximum atomic E-state index is 12.0. The molecule has 0 aromatic rings. The normalized spacial score (nSPS) is 13.4. The molecule has 0 heterocycles. The molecule has 0 rings (SSSR count). The van der Waals surface area contributed by atoms with Crippen molar-refractivity contribution in [3.63, 3.8) is 0 Å². The molecule has 0 radical (unpaired) electrons. The van der Waals surface area contributed by atoms with Crippen molar-refractivity contribution in [2.75, 3.05) is 0 Å². The zero-order valence-electron chi connectivity index (χ0n) is 18.3. The van der Waals surface area contributed by atoms with Crippen molar-refractivity contribution < 1.29 is 4.79 Å². The van der Waals surface area contributed by atoms with Gasteiger partial charge in [-0.2, -0.15) is 0 Å². The van der Waals surface area contributed by atoms with Crippen LogP contribution >= 0.6 is 0 Å². The number of amides is 1. The van der Waals surface area contributed by atoms with E-state index in [1.54, 1.807) is 0 Å². The Morgan fingerprint density at radius 3 is 1.77 bits per heavy atom. The van der Waals surface area contributed by atoms with E-state index in [4.69, 9.17) is 5.73 Å². The molecule has 0 fully saturated rings. The fourth-order valence-electron chi connectivity index (χ4n) is 4.36. The molecule has 0 saturated carbocycles. The van der Waals surface area contributed by atoms with Crippen LogP contribution in [0.4, 0.5) is 0 Å². The Labute approximate surface area is 164 Å². The lowest BCUT2D eigenvalue weighted by molar-refractivity contribution is -0.132. The molecule has 0 saturated heterocycles. The number of hydrogen-bond acceptors (Lipinski definition) is 1. The molecule has 0 aliphatic rings. The van der Waals surface area contributed by atoms with Crippen LogP contribution in [-0.4, -0.2) is 5.91 Å². The highest BCUT2D eigenvalue weighted by molar-refractivity contribution is 5.81. The number of unbranched alkanes of at least 4 members (excludes halogenated alkanes) is 9. The topological polar surface area (TPSA) is 43.1 Å². The molecule has 2 heteroatoms. The minimum atomic E-state index is -0.286. The molecule has 1 unspecified atom stereocenters. The molecule has 0 aliphatic carbocycles. The van der Waals surface area contributed by atoms with Gasteiger partial charge < -0.3 is 5.73 Å². The van der Waals surface area contributed by atoms with E-state index in [0.29, 0.717) is 5.92 Å². The minimum absolute atomic E-state index is 0.0908. The van der Waals surface area contributed by atoms with Gasteiger partial charge in [0.1, 0.15) is 0 Å². The molecule has 2 N–H and O–H groups in total. The molecule has 0 aromatic carbocycles. The number of carbonyl (C=O) groups excluding carboxylic acids is 1. The lowest BCUT2D eigenvalue weighted by Gasteiger charge is -2.36. The van der Waals surface area contributed by atoms with Crippen molar-refractivity contribution in [2.45, 2.75) is 124 Å². The summed E-state index contributed by atoms with van der Waals surface area (Å²) < 4.78 is 0. The Kier molecular flexibility index (Phi) is 15.9. The lowest BCUT2D eigenvalue weighted by atomic mass is 9.67. The second kappa shape index (κ2) is 16.4. The molecule has 1 amide bonds. The van der Waals surface area contributed by atoms with Crippen molar-refractivity contribution in [3.8, 4) is 0 Å². The zero-order chi connectivity index (χ0) is 19.7. The van der Waals surface area contributed by atoms with Crippen LogP contribution in [0.15, 0.2) is 12.2 Å². The summed E-state index contributed by atoms with van der Waals surface area (Å²) >= 11 is 0. The molecular weight excluding hydrogens is 318 g/mol. The number of nitrogens with two attached hydrogens (primary N) is 1. The summed E-state index contributed by atoms with van der Waals surface area (Å²) in [6, 6.07) is 0. The minimum Gasteiger partial charge on any atom is -0.369 e. The van der Waals surface area contributed by atoms with Gasteiger partial charge in [-0.05, 0) is 50.9 Å². The van der Waals surface area contributed by atoms with E-state index in [1.165, 1.54) is 70.6 Å². The molecule has 0 spiro atoms. The van der Waals surface area contributed by atoms with E-state index in [0.717, 1.165) is 25.7 Å². The first-order valence-corrected chi connectivity index (χ1v) is 11.5. The van der Waals surface area contributed by atoms with Crippen LogP contribution in [0.25, 0.3) is 0 Å². The number of primary amides is 1. The van der Waals surface area contributed by atoms with Crippen molar-refractivity contribution in [1.82, 2.24) is 0 Å². The lowest BCUT2D eigenvalue weighted by Crippen LogP contribution is -2.42. The maximum absolute atomic E-state index is 12.0. The van der Waals surface area contributed by atoms with Gasteiger partial charge in [0.15, 0.2) is 0 Å². The van der Waals surface area contributed by atoms with Crippen molar-refractivity contribution in [2.24, 2.45) is 17.1 Å². The Morgan fingerprint density at radius 1 is 0.808 bits per heavy atom. The first kappa shape index (κ1) is 25.2. The monoisotopic (exact) mass is 365 g/mol. The van der Waals surface area contributed by atoms with Gasteiger partial charge in [-0.1, -0.05) is 91.2 Å². The third-order valence-corrected chi connectivity index (χ3v) is 6.34. The molecule has 26 heavy (non-hydrogen) atoms. The summed E-state index contributed by atoms with van der Waals surface area (Å²) in [5.41, 5.74) is 5.48. The van der Waals surface area contributed by atoms with Crippen LogP contribution < -0.4 is 5.73 Å². The third-order valence-electron chi connectivity index (χ3n) is 6.34. The van der Waals surface area contributed by atoms with Crippen molar-refractivity contribution in [1.29, 1.82) is 0 Å². The van der Waals surface area contributed by atoms with Crippen molar-refractivity contribution >= 4 is 5.91 Å². The number of carbonyl (C=O) groups is 1. The summed E-state index contributed by atoms with van der Waals surface area (Å²) in [5.74, 6) is 0.352. The summed E-state index contributed by atoms with van der Waals surface area (Å²) in [5, 5.41) is 0. The standard InChI is InChI=1S/C24H47NO/c1-5-9-10-11-12-13-14-15-16-17-18-19-20-21-22(6-2)24(7-3,8-4)23(25)26/h15-16,22H,5-14,17-21H2,1-4H3,(H2,25,26). The second-order valence-electron chi connectivity index (χ2n) is 8.00. The highest BCUT2D eigenvalue weighted by Crippen LogP contribution is 2.40. The summed E-state index contributed by atoms with van der Waals surface area (Å²) in [7, 11) is 0. The van der Waals surface area contributed by atoms with Gasteiger partial charge in [0, 0.05) is 0 Å². The highest BCUT2D eigenvalue weighted by atomic mass is 16.1. The Morgan fingerprint density at radius 2 is 1.31 bits per heavy atom. The predicted octanol–water partition coefficient (Wildman–Crippen LogP) is 7.56. The Balaban J connectivity index is 3.84. The van der Waals surface area contributed by atoms with E-state index in [2.05, 4.69) is 39.8 Å². The third kappa shape index (κ3) is 9.78. The fourth-order valence-corrected chi connectivity index (χ4v) is 4.36. The van der Waals surface area contributed by atoms with E-state index < -0.39 is 0 Å². The van der Waals surface area contributed by atoms with E-state index in [9.17, 15) is 4.79 Å². The van der Waals surface area contributed by atoms with Gasteiger partial charge >= 0.3 is 0 Å². The van der Waals surface area contributed by atoms with Crippen molar-refractivity contribution in [3.05, 3.63) is 12.2 Å². The number of rotatable bonds is 18. The van der Waals surface area contributed by atoms with Gasteiger partial charge in [-0.15, -0.1) is 0 Å². The van der Waals surface area contributed by atoms with Gasteiger partial charge in [0.2, 0.25) is 5.91 Å². The van der Waals surface area contributed by atoms with Gasteiger partial charge in [-0.25, -0.2) is 0 Å². The smallest absolute Gasteiger partial charge is 0.223 e. The van der Waals surface area contributed by atoms with Gasteiger partial charge in [-0.3, -0.25) is 4.79 Å². The van der Waals surface area contributed by atoms with Crippen LogP contribution in [0.2, 0.25) is 0 Å². The van der Waals surface area contributed by atoms with Crippen LogP contribution in [0, 0.1) is 11.3 Å². The van der Waals surface area contributed by atoms with E-state index in [1.807, 2.05) is 0 Å². The Hall–Kier alpha value is -0.790. The summed E-state index contributed by atoms with van der Waals surface area (Å²) in [6.07, 6.45) is 23.2. The number of allylic oxidation sites excluding steroid dienone is 2. The van der Waals surface area contributed by atoms with Gasteiger partial charge in [0.05, 0.1) is 5.41 Å². The first-order valence-electron chi connectivity index (χ1n) is 11.5. The molecular formula is C24H47NO. The fraction of sp³-hybridized carbons (Fsp3) is 0.875. The second-order valence-corrected chi connectivity index (χ2v) is 8.00. The summed E-state index contributed by atoms with van der Waals surface area (Å²) in [6.45, 7) is 8.71. The van der Waals surface area contributed by atoms with Crippen LogP contribution in [0.1, 0.15) is 124 Å².